The average molecular weight is 240 g/mol. The molecule has 0 aromatic carbocycles. The summed E-state index contributed by atoms with van der Waals surface area (Å²) in [7, 11) is 0. The van der Waals surface area contributed by atoms with E-state index >= 15 is 0 Å². The summed E-state index contributed by atoms with van der Waals surface area (Å²) in [6.07, 6.45) is 6.87. The number of hydrogen-bond donors (Lipinski definition) is 1. The van der Waals surface area contributed by atoms with Crippen LogP contribution in [0.4, 0.5) is 0 Å². The summed E-state index contributed by atoms with van der Waals surface area (Å²) in [5.74, 6) is 0. The SMILES string of the molecule is CCCN(C1CCCNC1)C1CCOC(C)C1. The van der Waals surface area contributed by atoms with Crippen LogP contribution in [0.3, 0.4) is 0 Å². The molecule has 0 radical (unpaired) electrons. The molecule has 2 rings (SSSR count). The maximum atomic E-state index is 5.68. The quantitative estimate of drug-likeness (QED) is 0.813. The van der Waals surface area contributed by atoms with Crippen molar-refractivity contribution in [1.29, 1.82) is 0 Å². The number of rotatable bonds is 4. The van der Waals surface area contributed by atoms with Crippen LogP contribution in [0.2, 0.25) is 0 Å². The van der Waals surface area contributed by atoms with Crippen LogP contribution in [0.1, 0.15) is 46.0 Å². The maximum Gasteiger partial charge on any atom is 0.0561 e. The van der Waals surface area contributed by atoms with E-state index in [2.05, 4.69) is 24.1 Å². The Morgan fingerprint density at radius 1 is 1.29 bits per heavy atom. The first-order valence-electron chi connectivity index (χ1n) is 7.39. The lowest BCUT2D eigenvalue weighted by atomic mass is 9.97. The van der Waals surface area contributed by atoms with Crippen molar-refractivity contribution in [2.24, 2.45) is 0 Å². The van der Waals surface area contributed by atoms with E-state index < -0.39 is 0 Å². The number of nitrogens with zero attached hydrogens (tertiary/aromatic N) is 1. The summed E-state index contributed by atoms with van der Waals surface area (Å²) < 4.78 is 5.68. The van der Waals surface area contributed by atoms with Gasteiger partial charge in [0.1, 0.15) is 0 Å². The van der Waals surface area contributed by atoms with Crippen molar-refractivity contribution in [3.8, 4) is 0 Å². The summed E-state index contributed by atoms with van der Waals surface area (Å²) in [5, 5.41) is 3.55. The van der Waals surface area contributed by atoms with Crippen molar-refractivity contribution in [2.45, 2.75) is 64.1 Å². The van der Waals surface area contributed by atoms with Gasteiger partial charge in [-0.25, -0.2) is 0 Å². The second-order valence-electron chi connectivity index (χ2n) is 5.60. The van der Waals surface area contributed by atoms with Crippen LogP contribution in [0.15, 0.2) is 0 Å². The molecular formula is C14H28N2O. The fraction of sp³-hybridized carbons (Fsp3) is 1.00. The Morgan fingerprint density at radius 2 is 2.18 bits per heavy atom. The molecule has 0 bridgehead atoms. The standard InChI is InChI=1S/C14H28N2O/c1-3-8-16(14-5-4-7-15-11-14)13-6-9-17-12(2)10-13/h12-15H,3-11H2,1-2H3. The average Bonchev–Trinajstić information content (AvgIpc) is 2.37. The molecule has 2 aliphatic heterocycles. The molecule has 0 amide bonds. The molecular weight excluding hydrogens is 212 g/mol. The zero-order valence-corrected chi connectivity index (χ0v) is 11.5. The predicted octanol–water partition coefficient (Wildman–Crippen LogP) is 2.02. The third-order valence-corrected chi connectivity index (χ3v) is 4.15. The van der Waals surface area contributed by atoms with Gasteiger partial charge in [0.2, 0.25) is 0 Å². The molecule has 2 fully saturated rings. The van der Waals surface area contributed by atoms with Crippen molar-refractivity contribution in [3.05, 3.63) is 0 Å². The second-order valence-corrected chi connectivity index (χ2v) is 5.60. The van der Waals surface area contributed by atoms with Gasteiger partial charge in [-0.15, -0.1) is 0 Å². The van der Waals surface area contributed by atoms with Crippen LogP contribution < -0.4 is 5.32 Å². The minimum Gasteiger partial charge on any atom is -0.378 e. The van der Waals surface area contributed by atoms with E-state index in [4.69, 9.17) is 4.74 Å². The highest BCUT2D eigenvalue weighted by atomic mass is 16.5. The van der Waals surface area contributed by atoms with Crippen LogP contribution in [-0.2, 0) is 4.74 Å². The van der Waals surface area contributed by atoms with Crippen molar-refractivity contribution in [2.75, 3.05) is 26.2 Å². The molecule has 0 aromatic heterocycles. The van der Waals surface area contributed by atoms with E-state index in [1.54, 1.807) is 0 Å². The summed E-state index contributed by atoms with van der Waals surface area (Å²) in [4.78, 5) is 2.77. The van der Waals surface area contributed by atoms with E-state index in [0.29, 0.717) is 6.10 Å². The molecule has 0 spiro atoms. The Morgan fingerprint density at radius 3 is 2.82 bits per heavy atom. The lowest BCUT2D eigenvalue weighted by Gasteiger charge is -2.43. The number of hydrogen-bond acceptors (Lipinski definition) is 3. The fourth-order valence-electron chi connectivity index (χ4n) is 3.31. The molecule has 1 N–H and O–H groups in total. The molecule has 0 aliphatic carbocycles. The molecule has 3 nitrogen and oxygen atoms in total. The summed E-state index contributed by atoms with van der Waals surface area (Å²) in [6, 6.07) is 1.52. The van der Waals surface area contributed by atoms with Gasteiger partial charge in [-0.3, -0.25) is 4.90 Å². The van der Waals surface area contributed by atoms with Gasteiger partial charge >= 0.3 is 0 Å². The van der Waals surface area contributed by atoms with E-state index in [-0.39, 0.29) is 0 Å². The Balaban J connectivity index is 1.94. The number of ether oxygens (including phenoxy) is 1. The van der Waals surface area contributed by atoms with Crippen LogP contribution in [-0.4, -0.2) is 49.3 Å². The van der Waals surface area contributed by atoms with Crippen LogP contribution in [0, 0.1) is 0 Å². The highest BCUT2D eigenvalue weighted by Gasteiger charge is 2.30. The van der Waals surface area contributed by atoms with E-state index in [1.165, 1.54) is 51.7 Å². The number of piperidine rings is 1. The normalized spacial score (nSPS) is 35.1. The Hall–Kier alpha value is -0.120. The molecule has 100 valence electrons. The Kier molecular flexibility index (Phi) is 5.26. The van der Waals surface area contributed by atoms with Gasteiger partial charge < -0.3 is 10.1 Å². The minimum atomic E-state index is 0.449. The van der Waals surface area contributed by atoms with Crippen LogP contribution in [0.5, 0.6) is 0 Å². The smallest absolute Gasteiger partial charge is 0.0561 e. The van der Waals surface area contributed by atoms with Gasteiger partial charge in [-0.1, -0.05) is 6.92 Å². The lowest BCUT2D eigenvalue weighted by molar-refractivity contribution is -0.0307. The van der Waals surface area contributed by atoms with Crippen LogP contribution in [0.25, 0.3) is 0 Å². The fourth-order valence-corrected chi connectivity index (χ4v) is 3.31. The predicted molar refractivity (Wildman–Crippen MR) is 71.3 cm³/mol. The summed E-state index contributed by atoms with van der Waals surface area (Å²) in [5.41, 5.74) is 0. The first-order valence-corrected chi connectivity index (χ1v) is 7.39. The first-order chi connectivity index (χ1) is 8.31. The first kappa shape index (κ1) is 13.3. The Bertz CT molecular complexity index is 216. The zero-order chi connectivity index (χ0) is 12.1. The van der Waals surface area contributed by atoms with Crippen LogP contribution >= 0.6 is 0 Å². The molecule has 3 atom stereocenters. The molecule has 3 unspecified atom stereocenters. The van der Waals surface area contributed by atoms with Crippen molar-refractivity contribution >= 4 is 0 Å². The largest absolute Gasteiger partial charge is 0.378 e. The van der Waals surface area contributed by atoms with Gasteiger partial charge in [0, 0.05) is 25.2 Å². The van der Waals surface area contributed by atoms with Gasteiger partial charge in [0.15, 0.2) is 0 Å². The summed E-state index contributed by atoms with van der Waals surface area (Å²) >= 11 is 0. The highest BCUT2D eigenvalue weighted by molar-refractivity contribution is 4.86. The molecule has 2 saturated heterocycles. The third-order valence-electron chi connectivity index (χ3n) is 4.15. The molecule has 17 heavy (non-hydrogen) atoms. The monoisotopic (exact) mass is 240 g/mol. The minimum absolute atomic E-state index is 0.449. The van der Waals surface area contributed by atoms with Gasteiger partial charge in [-0.2, -0.15) is 0 Å². The van der Waals surface area contributed by atoms with Crippen molar-refractivity contribution in [1.82, 2.24) is 10.2 Å². The van der Waals surface area contributed by atoms with E-state index in [9.17, 15) is 0 Å². The van der Waals surface area contributed by atoms with Gasteiger partial charge in [0.05, 0.1) is 6.10 Å². The molecule has 0 aromatic rings. The molecule has 2 heterocycles. The topological polar surface area (TPSA) is 24.5 Å². The van der Waals surface area contributed by atoms with E-state index in [0.717, 1.165) is 18.7 Å². The van der Waals surface area contributed by atoms with Gasteiger partial charge in [-0.05, 0) is 52.1 Å². The Labute approximate surface area is 106 Å². The van der Waals surface area contributed by atoms with E-state index in [1.807, 2.05) is 0 Å². The number of nitrogens with one attached hydrogen (secondary N) is 1. The van der Waals surface area contributed by atoms with Gasteiger partial charge in [0.25, 0.3) is 0 Å². The molecule has 3 heteroatoms. The zero-order valence-electron chi connectivity index (χ0n) is 11.5. The second kappa shape index (κ2) is 6.72. The molecule has 0 saturated carbocycles. The highest BCUT2D eigenvalue weighted by Crippen LogP contribution is 2.23. The van der Waals surface area contributed by atoms with Crippen molar-refractivity contribution < 1.29 is 4.74 Å². The van der Waals surface area contributed by atoms with Crippen molar-refractivity contribution in [3.63, 3.8) is 0 Å². The maximum absolute atomic E-state index is 5.68. The summed E-state index contributed by atoms with van der Waals surface area (Å²) in [6.45, 7) is 9.11. The molecule has 2 aliphatic rings. The third kappa shape index (κ3) is 3.67. The lowest BCUT2D eigenvalue weighted by Crippen LogP contribution is -2.52.